The number of amides is 1. The number of benzene rings is 1. The number of hydrogen-bond donors (Lipinski definition) is 2. The van der Waals surface area contributed by atoms with Gasteiger partial charge in [0, 0.05) is 19.1 Å². The number of nitrogens with one attached hydrogen (secondary N) is 2. The van der Waals surface area contributed by atoms with Crippen molar-refractivity contribution in [2.75, 3.05) is 20.1 Å². The van der Waals surface area contributed by atoms with E-state index in [2.05, 4.69) is 10.0 Å². The Morgan fingerprint density at radius 1 is 1.35 bits per heavy atom. The Morgan fingerprint density at radius 3 is 2.62 bits per heavy atom. The SMILES string of the molecule is CNCC1CCCN1C(=O)C(C)NS(=O)(=O)c1ccccc1C(F)(F)F. The molecule has 26 heavy (non-hydrogen) atoms. The summed E-state index contributed by atoms with van der Waals surface area (Å²) in [4.78, 5) is 13.3. The minimum atomic E-state index is -4.81. The molecule has 0 radical (unpaired) electrons. The molecule has 0 saturated carbocycles. The lowest BCUT2D eigenvalue weighted by Crippen LogP contribution is -2.50. The maximum Gasteiger partial charge on any atom is 0.417 e. The molecule has 146 valence electrons. The van der Waals surface area contributed by atoms with E-state index in [4.69, 9.17) is 0 Å². The van der Waals surface area contributed by atoms with Crippen LogP contribution in [0.4, 0.5) is 13.2 Å². The van der Waals surface area contributed by atoms with Gasteiger partial charge in [-0.2, -0.15) is 17.9 Å². The number of carbonyl (C=O) groups excluding carboxylic acids is 1. The molecular weight excluding hydrogens is 371 g/mol. The molecule has 0 aromatic heterocycles. The number of likely N-dealkylation sites (tertiary alicyclic amines) is 1. The third kappa shape index (κ3) is 4.54. The summed E-state index contributed by atoms with van der Waals surface area (Å²) in [5.74, 6) is -0.448. The van der Waals surface area contributed by atoms with Crippen LogP contribution >= 0.6 is 0 Å². The van der Waals surface area contributed by atoms with Crippen molar-refractivity contribution in [1.82, 2.24) is 14.9 Å². The van der Waals surface area contributed by atoms with Gasteiger partial charge < -0.3 is 10.2 Å². The first-order chi connectivity index (χ1) is 12.1. The molecule has 1 aliphatic heterocycles. The van der Waals surface area contributed by atoms with Gasteiger partial charge in [-0.15, -0.1) is 0 Å². The predicted molar refractivity (Wildman–Crippen MR) is 89.9 cm³/mol. The fraction of sp³-hybridized carbons (Fsp3) is 0.562. The predicted octanol–water partition coefficient (Wildman–Crippen LogP) is 1.58. The minimum Gasteiger partial charge on any atom is -0.337 e. The Balaban J connectivity index is 2.21. The second-order valence-corrected chi connectivity index (χ2v) is 7.90. The second-order valence-electron chi connectivity index (χ2n) is 6.22. The average molecular weight is 393 g/mol. The van der Waals surface area contributed by atoms with E-state index < -0.39 is 38.6 Å². The van der Waals surface area contributed by atoms with Crippen LogP contribution in [0.3, 0.4) is 0 Å². The third-order valence-electron chi connectivity index (χ3n) is 4.28. The Hall–Kier alpha value is -1.65. The number of halogens is 3. The maximum absolute atomic E-state index is 13.1. The molecule has 1 aliphatic rings. The number of likely N-dealkylation sites (N-methyl/N-ethyl adjacent to an activating group) is 1. The zero-order valence-electron chi connectivity index (χ0n) is 14.5. The molecule has 2 atom stereocenters. The molecule has 10 heteroatoms. The van der Waals surface area contributed by atoms with Crippen LogP contribution < -0.4 is 10.0 Å². The number of sulfonamides is 1. The van der Waals surface area contributed by atoms with Crippen LogP contribution in [-0.2, 0) is 21.0 Å². The zero-order valence-corrected chi connectivity index (χ0v) is 15.3. The monoisotopic (exact) mass is 393 g/mol. The van der Waals surface area contributed by atoms with E-state index in [9.17, 15) is 26.4 Å². The Labute approximate surface area is 150 Å². The lowest BCUT2D eigenvalue weighted by Gasteiger charge is -2.28. The average Bonchev–Trinajstić information content (AvgIpc) is 3.01. The highest BCUT2D eigenvalue weighted by molar-refractivity contribution is 7.89. The van der Waals surface area contributed by atoms with Crippen LogP contribution in [0.15, 0.2) is 29.2 Å². The van der Waals surface area contributed by atoms with Gasteiger partial charge in [-0.25, -0.2) is 8.42 Å². The van der Waals surface area contributed by atoms with Crippen LogP contribution in [0.1, 0.15) is 25.3 Å². The van der Waals surface area contributed by atoms with E-state index in [1.54, 1.807) is 11.9 Å². The molecule has 2 unspecified atom stereocenters. The first kappa shape index (κ1) is 20.7. The van der Waals surface area contributed by atoms with E-state index in [1.807, 2.05) is 0 Å². The van der Waals surface area contributed by atoms with E-state index in [0.29, 0.717) is 19.2 Å². The smallest absolute Gasteiger partial charge is 0.337 e. The van der Waals surface area contributed by atoms with Crippen molar-refractivity contribution in [3.05, 3.63) is 29.8 Å². The van der Waals surface area contributed by atoms with Gasteiger partial charge in [0.2, 0.25) is 15.9 Å². The first-order valence-corrected chi connectivity index (χ1v) is 9.70. The van der Waals surface area contributed by atoms with Gasteiger partial charge in [0.1, 0.15) is 0 Å². The zero-order chi connectivity index (χ0) is 19.5. The summed E-state index contributed by atoms with van der Waals surface area (Å²) in [6.45, 7) is 2.41. The van der Waals surface area contributed by atoms with E-state index in [1.165, 1.54) is 13.0 Å². The van der Waals surface area contributed by atoms with Crippen LogP contribution in [0.25, 0.3) is 0 Å². The maximum atomic E-state index is 13.1. The van der Waals surface area contributed by atoms with Crippen molar-refractivity contribution in [1.29, 1.82) is 0 Å². The number of nitrogens with zero attached hydrogens (tertiary/aromatic N) is 1. The van der Waals surface area contributed by atoms with Crippen molar-refractivity contribution in [2.45, 2.75) is 42.9 Å². The van der Waals surface area contributed by atoms with Crippen molar-refractivity contribution in [3.63, 3.8) is 0 Å². The highest BCUT2D eigenvalue weighted by Crippen LogP contribution is 2.34. The Bertz CT molecular complexity index is 753. The molecule has 2 rings (SSSR count). The van der Waals surface area contributed by atoms with Crippen molar-refractivity contribution in [3.8, 4) is 0 Å². The van der Waals surface area contributed by atoms with Crippen LogP contribution in [0, 0.1) is 0 Å². The van der Waals surface area contributed by atoms with Crippen LogP contribution in [-0.4, -0.2) is 51.4 Å². The minimum absolute atomic E-state index is 0.0538. The molecule has 1 heterocycles. The lowest BCUT2D eigenvalue weighted by molar-refractivity contribution is -0.139. The summed E-state index contributed by atoms with van der Waals surface area (Å²) >= 11 is 0. The van der Waals surface area contributed by atoms with Gasteiger partial charge in [0.05, 0.1) is 16.5 Å². The van der Waals surface area contributed by atoms with E-state index in [0.717, 1.165) is 25.0 Å². The molecule has 0 spiro atoms. The molecular formula is C16H22F3N3O3S. The van der Waals surface area contributed by atoms with Gasteiger partial charge in [0.25, 0.3) is 0 Å². The molecule has 0 aliphatic carbocycles. The van der Waals surface area contributed by atoms with E-state index >= 15 is 0 Å². The molecule has 6 nitrogen and oxygen atoms in total. The van der Waals surface area contributed by atoms with Gasteiger partial charge >= 0.3 is 6.18 Å². The lowest BCUT2D eigenvalue weighted by atomic mass is 10.2. The summed E-state index contributed by atoms with van der Waals surface area (Å²) in [6.07, 6.45) is -3.22. The van der Waals surface area contributed by atoms with Gasteiger partial charge in [0.15, 0.2) is 0 Å². The van der Waals surface area contributed by atoms with Gasteiger partial charge in [-0.05, 0) is 38.9 Å². The van der Waals surface area contributed by atoms with Crippen LogP contribution in [0.5, 0.6) is 0 Å². The summed E-state index contributed by atoms with van der Waals surface area (Å²) < 4.78 is 66.2. The number of carbonyl (C=O) groups is 1. The molecule has 1 aromatic rings. The molecule has 1 fully saturated rings. The number of hydrogen-bond acceptors (Lipinski definition) is 4. The third-order valence-corrected chi connectivity index (χ3v) is 5.88. The highest BCUT2D eigenvalue weighted by atomic mass is 32.2. The van der Waals surface area contributed by atoms with Gasteiger partial charge in [-0.3, -0.25) is 4.79 Å². The summed E-state index contributed by atoms with van der Waals surface area (Å²) in [6, 6.07) is 2.68. The molecule has 1 saturated heterocycles. The fourth-order valence-corrected chi connectivity index (χ4v) is 4.53. The highest BCUT2D eigenvalue weighted by Gasteiger charge is 2.38. The molecule has 0 bridgehead atoms. The van der Waals surface area contributed by atoms with Crippen molar-refractivity contribution >= 4 is 15.9 Å². The second kappa shape index (κ2) is 7.93. The molecule has 2 N–H and O–H groups in total. The largest absolute Gasteiger partial charge is 0.417 e. The van der Waals surface area contributed by atoms with E-state index in [-0.39, 0.29) is 6.04 Å². The van der Waals surface area contributed by atoms with Crippen LogP contribution in [0.2, 0.25) is 0 Å². The summed E-state index contributed by atoms with van der Waals surface area (Å²) in [7, 11) is -2.76. The number of rotatable bonds is 6. The quantitative estimate of drug-likeness (QED) is 0.769. The summed E-state index contributed by atoms with van der Waals surface area (Å²) in [5.41, 5.74) is -1.26. The normalized spacial score (nSPS) is 19.6. The van der Waals surface area contributed by atoms with Crippen molar-refractivity contribution in [2.24, 2.45) is 0 Å². The molecule has 1 aromatic carbocycles. The topological polar surface area (TPSA) is 78.5 Å². The number of alkyl halides is 3. The standard InChI is InChI=1S/C16H22F3N3O3S/c1-11(15(23)22-9-5-6-12(22)10-20-2)21-26(24,25)14-8-4-3-7-13(14)16(17,18)19/h3-4,7-8,11-12,20-21H,5-6,9-10H2,1-2H3. The summed E-state index contributed by atoms with van der Waals surface area (Å²) in [5, 5.41) is 2.97. The molecule has 1 amide bonds. The first-order valence-electron chi connectivity index (χ1n) is 8.21. The fourth-order valence-electron chi connectivity index (χ4n) is 3.10. The Kier molecular flexibility index (Phi) is 6.30. The van der Waals surface area contributed by atoms with Crippen molar-refractivity contribution < 1.29 is 26.4 Å². The van der Waals surface area contributed by atoms with Gasteiger partial charge in [-0.1, -0.05) is 12.1 Å². The Morgan fingerprint density at radius 2 is 2.00 bits per heavy atom.